The predicted octanol–water partition coefficient (Wildman–Crippen LogP) is 3.75. The number of phenolic OH excluding ortho intramolecular Hbond substituents is 1. The minimum Gasteiger partial charge on any atom is -0.502 e. The first kappa shape index (κ1) is 19.1. The molecular formula is C18H14ClFN2O4. The molecule has 0 fully saturated rings. The molecule has 0 aliphatic rings. The summed E-state index contributed by atoms with van der Waals surface area (Å²) in [5.41, 5.74) is 0.420. The molecule has 0 aliphatic heterocycles. The summed E-state index contributed by atoms with van der Waals surface area (Å²) in [6.07, 6.45) is 1.30. The summed E-state index contributed by atoms with van der Waals surface area (Å²) in [6, 6.07) is 8.32. The van der Waals surface area contributed by atoms with Crippen molar-refractivity contribution in [2.75, 3.05) is 19.5 Å². The Morgan fingerprint density at radius 2 is 1.88 bits per heavy atom. The van der Waals surface area contributed by atoms with Crippen molar-refractivity contribution in [3.05, 3.63) is 52.3 Å². The van der Waals surface area contributed by atoms with Gasteiger partial charge < -0.3 is 19.9 Å². The highest BCUT2D eigenvalue weighted by molar-refractivity contribution is 6.31. The summed E-state index contributed by atoms with van der Waals surface area (Å²) in [7, 11) is 2.72. The topological polar surface area (TPSA) is 91.6 Å². The molecule has 0 saturated carbocycles. The van der Waals surface area contributed by atoms with Crippen molar-refractivity contribution in [2.45, 2.75) is 0 Å². The van der Waals surface area contributed by atoms with E-state index < -0.39 is 11.7 Å². The number of ether oxygens (including phenoxy) is 2. The molecule has 0 bridgehead atoms. The Bertz CT molecular complexity index is 897. The average molecular weight is 377 g/mol. The van der Waals surface area contributed by atoms with Gasteiger partial charge in [-0.05, 0) is 42.0 Å². The number of amides is 1. The highest BCUT2D eigenvalue weighted by Gasteiger charge is 2.14. The van der Waals surface area contributed by atoms with Gasteiger partial charge in [0.15, 0.2) is 11.5 Å². The lowest BCUT2D eigenvalue weighted by atomic mass is 10.1. The number of hydrogen-bond donors (Lipinski definition) is 2. The van der Waals surface area contributed by atoms with E-state index >= 15 is 0 Å². The van der Waals surface area contributed by atoms with E-state index in [0.717, 1.165) is 6.07 Å². The Morgan fingerprint density at radius 1 is 1.27 bits per heavy atom. The lowest BCUT2D eigenvalue weighted by Gasteiger charge is -2.10. The van der Waals surface area contributed by atoms with Gasteiger partial charge in [-0.1, -0.05) is 11.6 Å². The second-order valence-electron chi connectivity index (χ2n) is 5.03. The zero-order valence-electron chi connectivity index (χ0n) is 13.8. The van der Waals surface area contributed by atoms with Crippen LogP contribution >= 0.6 is 11.6 Å². The first-order valence-corrected chi connectivity index (χ1v) is 7.60. The summed E-state index contributed by atoms with van der Waals surface area (Å²) < 4.78 is 23.2. The van der Waals surface area contributed by atoms with Gasteiger partial charge in [-0.15, -0.1) is 0 Å². The summed E-state index contributed by atoms with van der Waals surface area (Å²) in [5.74, 6) is -1.28. The third kappa shape index (κ3) is 4.23. The fraction of sp³-hybridized carbons (Fsp3) is 0.111. The molecule has 0 aliphatic carbocycles. The van der Waals surface area contributed by atoms with Crippen LogP contribution in [0.2, 0.25) is 5.02 Å². The molecule has 0 aromatic heterocycles. The van der Waals surface area contributed by atoms with Crippen LogP contribution in [0.25, 0.3) is 6.08 Å². The normalized spacial score (nSPS) is 10.8. The average Bonchev–Trinajstić information content (AvgIpc) is 2.63. The van der Waals surface area contributed by atoms with Gasteiger partial charge in [-0.2, -0.15) is 5.26 Å². The van der Waals surface area contributed by atoms with Crippen LogP contribution in [0, 0.1) is 17.1 Å². The molecule has 6 nitrogen and oxygen atoms in total. The van der Waals surface area contributed by atoms with Crippen LogP contribution in [0.4, 0.5) is 10.1 Å². The van der Waals surface area contributed by atoms with Crippen molar-refractivity contribution >= 4 is 29.3 Å². The minimum absolute atomic E-state index is 0.124. The lowest BCUT2D eigenvalue weighted by Crippen LogP contribution is -2.13. The van der Waals surface area contributed by atoms with Gasteiger partial charge in [-0.3, -0.25) is 4.79 Å². The van der Waals surface area contributed by atoms with Crippen LogP contribution in [0.3, 0.4) is 0 Å². The van der Waals surface area contributed by atoms with Crippen molar-refractivity contribution in [1.29, 1.82) is 5.26 Å². The Kier molecular flexibility index (Phi) is 6.04. The number of nitrogens with zero attached hydrogens (tertiary/aromatic N) is 1. The van der Waals surface area contributed by atoms with Gasteiger partial charge in [0, 0.05) is 5.69 Å². The minimum atomic E-state index is -0.707. The monoisotopic (exact) mass is 376 g/mol. The number of methoxy groups -OCH3 is 2. The molecule has 0 heterocycles. The Hall–Kier alpha value is -3.24. The van der Waals surface area contributed by atoms with Crippen LogP contribution in [-0.4, -0.2) is 25.2 Å². The maximum absolute atomic E-state index is 13.2. The molecule has 0 atom stereocenters. The molecule has 2 aromatic carbocycles. The number of anilines is 1. The molecule has 1 amide bonds. The summed E-state index contributed by atoms with van der Waals surface area (Å²) in [4.78, 5) is 12.3. The first-order chi connectivity index (χ1) is 12.4. The van der Waals surface area contributed by atoms with E-state index in [9.17, 15) is 19.6 Å². The quantitative estimate of drug-likeness (QED) is 0.612. The van der Waals surface area contributed by atoms with Crippen LogP contribution in [0.15, 0.2) is 35.9 Å². The standard InChI is InChI=1S/C18H14ClFN2O4/c1-25-15-6-10(7-16(26-2)17(15)23)5-11(9-21)18(24)22-12-3-4-14(20)13(19)8-12/h3-8,23H,1-2H3,(H,22,24)/b11-5+. The molecule has 26 heavy (non-hydrogen) atoms. The number of rotatable bonds is 5. The predicted molar refractivity (Wildman–Crippen MR) is 94.8 cm³/mol. The van der Waals surface area contributed by atoms with E-state index in [1.54, 1.807) is 6.07 Å². The Balaban J connectivity index is 2.33. The zero-order valence-corrected chi connectivity index (χ0v) is 14.6. The number of nitriles is 1. The van der Waals surface area contributed by atoms with E-state index in [1.165, 1.54) is 44.6 Å². The first-order valence-electron chi connectivity index (χ1n) is 7.22. The van der Waals surface area contributed by atoms with E-state index in [1.807, 2.05) is 0 Å². The molecule has 0 unspecified atom stereocenters. The van der Waals surface area contributed by atoms with Crippen LogP contribution in [-0.2, 0) is 4.79 Å². The van der Waals surface area contributed by atoms with Crippen LogP contribution in [0.1, 0.15) is 5.56 Å². The number of aromatic hydroxyl groups is 1. The molecule has 8 heteroatoms. The van der Waals surface area contributed by atoms with E-state index in [-0.39, 0.29) is 33.5 Å². The zero-order chi connectivity index (χ0) is 19.3. The second kappa shape index (κ2) is 8.23. The summed E-state index contributed by atoms with van der Waals surface area (Å²) in [5, 5.41) is 21.5. The molecular weight excluding hydrogens is 363 g/mol. The molecule has 134 valence electrons. The third-order valence-electron chi connectivity index (χ3n) is 3.36. The van der Waals surface area contributed by atoms with Gasteiger partial charge in [0.25, 0.3) is 5.91 Å². The van der Waals surface area contributed by atoms with Crippen molar-refractivity contribution in [2.24, 2.45) is 0 Å². The summed E-state index contributed by atoms with van der Waals surface area (Å²) >= 11 is 5.66. The maximum atomic E-state index is 13.2. The van der Waals surface area contributed by atoms with Crippen LogP contribution < -0.4 is 14.8 Å². The maximum Gasteiger partial charge on any atom is 0.266 e. The Labute approximate surface area is 154 Å². The number of benzene rings is 2. The SMILES string of the molecule is COc1cc(/C=C(\C#N)C(=O)Nc2ccc(F)c(Cl)c2)cc(OC)c1O. The molecule has 0 radical (unpaired) electrons. The fourth-order valence-corrected chi connectivity index (χ4v) is 2.27. The number of nitrogens with one attached hydrogen (secondary N) is 1. The number of carbonyl (C=O) groups is 1. The van der Waals surface area contributed by atoms with E-state index in [2.05, 4.69) is 5.32 Å². The third-order valence-corrected chi connectivity index (χ3v) is 3.65. The van der Waals surface area contributed by atoms with Crippen molar-refractivity contribution in [1.82, 2.24) is 0 Å². The molecule has 2 N–H and O–H groups in total. The van der Waals surface area contributed by atoms with Gasteiger partial charge in [-0.25, -0.2) is 4.39 Å². The number of halogens is 2. The smallest absolute Gasteiger partial charge is 0.266 e. The molecule has 0 spiro atoms. The highest BCUT2D eigenvalue weighted by Crippen LogP contribution is 2.37. The molecule has 0 saturated heterocycles. The summed E-state index contributed by atoms with van der Waals surface area (Å²) in [6.45, 7) is 0. The lowest BCUT2D eigenvalue weighted by molar-refractivity contribution is -0.112. The number of carbonyl (C=O) groups excluding carboxylic acids is 1. The van der Waals surface area contributed by atoms with Crippen molar-refractivity contribution < 1.29 is 23.8 Å². The van der Waals surface area contributed by atoms with E-state index in [0.29, 0.717) is 5.56 Å². The van der Waals surface area contributed by atoms with Crippen molar-refractivity contribution in [3.63, 3.8) is 0 Å². The Morgan fingerprint density at radius 3 is 2.38 bits per heavy atom. The molecule has 2 aromatic rings. The van der Waals surface area contributed by atoms with Crippen LogP contribution in [0.5, 0.6) is 17.2 Å². The van der Waals surface area contributed by atoms with Gasteiger partial charge in [0.1, 0.15) is 17.5 Å². The van der Waals surface area contributed by atoms with Gasteiger partial charge in [0.2, 0.25) is 5.75 Å². The van der Waals surface area contributed by atoms with Gasteiger partial charge in [0.05, 0.1) is 19.2 Å². The second-order valence-corrected chi connectivity index (χ2v) is 5.43. The highest BCUT2D eigenvalue weighted by atomic mass is 35.5. The fourth-order valence-electron chi connectivity index (χ4n) is 2.08. The van der Waals surface area contributed by atoms with Gasteiger partial charge >= 0.3 is 0 Å². The van der Waals surface area contributed by atoms with E-state index in [4.69, 9.17) is 21.1 Å². The number of phenols is 1. The molecule has 2 rings (SSSR count). The van der Waals surface area contributed by atoms with Crippen molar-refractivity contribution in [3.8, 4) is 23.3 Å². The largest absolute Gasteiger partial charge is 0.502 e. The number of hydrogen-bond acceptors (Lipinski definition) is 5.